The molecule has 0 aliphatic heterocycles. The quantitative estimate of drug-likeness (QED) is 0.819. The van der Waals surface area contributed by atoms with Crippen LogP contribution in [0.5, 0.6) is 0 Å². The number of rotatable bonds is 2. The average molecular weight is 332 g/mol. The monoisotopic (exact) mass is 330 g/mol. The standard InChI is InChI=1S/C10H13Cl3N2O2S/c1-9(2,3)6-4-14-7(18-6)15-8(16)17-5-10(11,12)13/h4H,5H2,1-3H3,(H,14,15,16). The molecule has 1 aromatic rings. The van der Waals surface area contributed by atoms with Gasteiger partial charge >= 0.3 is 6.09 Å². The number of carbonyl (C=O) groups excluding carboxylic acids is 1. The second-order valence-electron chi connectivity index (χ2n) is 4.60. The number of halogens is 3. The Kier molecular flexibility index (Phi) is 5.12. The van der Waals surface area contributed by atoms with Gasteiger partial charge in [-0.15, -0.1) is 11.3 Å². The van der Waals surface area contributed by atoms with Gasteiger partial charge in [-0.2, -0.15) is 0 Å². The van der Waals surface area contributed by atoms with Crippen LogP contribution in [0.15, 0.2) is 6.20 Å². The summed E-state index contributed by atoms with van der Waals surface area (Å²) in [6.45, 7) is 5.86. The summed E-state index contributed by atoms with van der Waals surface area (Å²) in [5, 5.41) is 2.93. The second-order valence-corrected chi connectivity index (χ2v) is 8.14. The number of alkyl halides is 3. The molecule has 0 aromatic carbocycles. The van der Waals surface area contributed by atoms with Gasteiger partial charge in [0.25, 0.3) is 0 Å². The van der Waals surface area contributed by atoms with Gasteiger partial charge in [0, 0.05) is 11.1 Å². The Bertz CT molecular complexity index is 423. The van der Waals surface area contributed by atoms with E-state index < -0.39 is 9.89 Å². The lowest BCUT2D eigenvalue weighted by atomic mass is 9.96. The minimum absolute atomic E-state index is 0.0148. The van der Waals surface area contributed by atoms with E-state index >= 15 is 0 Å². The van der Waals surface area contributed by atoms with Crippen molar-refractivity contribution in [1.82, 2.24) is 4.98 Å². The first-order valence-electron chi connectivity index (χ1n) is 5.05. The lowest BCUT2D eigenvalue weighted by Gasteiger charge is -2.14. The molecule has 0 aliphatic carbocycles. The van der Waals surface area contributed by atoms with Crippen LogP contribution in [0.1, 0.15) is 25.6 Å². The predicted octanol–water partition coefficient (Wildman–Crippen LogP) is 4.36. The van der Waals surface area contributed by atoms with E-state index in [2.05, 4.69) is 31.1 Å². The van der Waals surface area contributed by atoms with E-state index in [1.54, 1.807) is 6.20 Å². The van der Waals surface area contributed by atoms with Crippen molar-refractivity contribution in [2.75, 3.05) is 11.9 Å². The van der Waals surface area contributed by atoms with Crippen LogP contribution in [-0.2, 0) is 10.2 Å². The Morgan fingerprint density at radius 3 is 2.50 bits per heavy atom. The van der Waals surface area contributed by atoms with Crippen LogP contribution in [0.2, 0.25) is 0 Å². The highest BCUT2D eigenvalue weighted by Crippen LogP contribution is 2.30. The molecule has 1 N–H and O–H groups in total. The van der Waals surface area contributed by atoms with Crippen molar-refractivity contribution in [3.63, 3.8) is 0 Å². The molecule has 102 valence electrons. The Labute approximate surface area is 125 Å². The van der Waals surface area contributed by atoms with Crippen molar-refractivity contribution in [3.05, 3.63) is 11.1 Å². The van der Waals surface area contributed by atoms with Gasteiger partial charge in [-0.25, -0.2) is 9.78 Å². The molecule has 0 fully saturated rings. The van der Waals surface area contributed by atoms with Crippen molar-refractivity contribution in [2.45, 2.75) is 30.0 Å². The van der Waals surface area contributed by atoms with Crippen LogP contribution in [0, 0.1) is 0 Å². The smallest absolute Gasteiger partial charge is 0.413 e. The molecule has 0 aliphatic rings. The topological polar surface area (TPSA) is 51.2 Å². The summed E-state index contributed by atoms with van der Waals surface area (Å²) in [4.78, 5) is 16.5. The van der Waals surface area contributed by atoms with Crippen LogP contribution in [-0.4, -0.2) is 21.5 Å². The first-order chi connectivity index (χ1) is 8.08. The summed E-state index contributed by atoms with van der Waals surface area (Å²) in [6, 6.07) is 0. The largest absolute Gasteiger partial charge is 0.445 e. The zero-order valence-electron chi connectivity index (χ0n) is 10.1. The Morgan fingerprint density at radius 2 is 2.06 bits per heavy atom. The SMILES string of the molecule is CC(C)(C)c1cnc(NC(=O)OCC(Cl)(Cl)Cl)s1. The average Bonchev–Trinajstić information content (AvgIpc) is 2.61. The number of carbonyl (C=O) groups is 1. The number of thiazole rings is 1. The van der Waals surface area contributed by atoms with E-state index in [-0.39, 0.29) is 12.0 Å². The molecule has 8 heteroatoms. The molecular weight excluding hydrogens is 319 g/mol. The van der Waals surface area contributed by atoms with Gasteiger partial charge in [-0.3, -0.25) is 5.32 Å². The van der Waals surface area contributed by atoms with Crippen molar-refractivity contribution >= 4 is 57.4 Å². The highest BCUT2D eigenvalue weighted by atomic mass is 35.6. The minimum Gasteiger partial charge on any atom is -0.445 e. The number of hydrogen-bond acceptors (Lipinski definition) is 4. The third-order valence-corrected chi connectivity index (χ3v) is 3.49. The molecule has 0 radical (unpaired) electrons. The summed E-state index contributed by atoms with van der Waals surface area (Å²) in [5.74, 6) is 0. The van der Waals surface area contributed by atoms with E-state index in [4.69, 9.17) is 39.5 Å². The first kappa shape index (κ1) is 15.8. The maximum Gasteiger partial charge on any atom is 0.413 e. The molecule has 0 unspecified atom stereocenters. The van der Waals surface area contributed by atoms with Crippen molar-refractivity contribution < 1.29 is 9.53 Å². The molecule has 0 saturated carbocycles. The number of aromatic nitrogens is 1. The molecule has 1 heterocycles. The molecule has 1 rings (SSSR count). The first-order valence-corrected chi connectivity index (χ1v) is 7.00. The fourth-order valence-corrected chi connectivity index (χ4v) is 1.97. The molecule has 4 nitrogen and oxygen atoms in total. The fourth-order valence-electron chi connectivity index (χ4n) is 0.949. The molecule has 18 heavy (non-hydrogen) atoms. The van der Waals surface area contributed by atoms with Gasteiger partial charge < -0.3 is 4.74 Å². The highest BCUT2D eigenvalue weighted by Gasteiger charge is 2.23. The van der Waals surface area contributed by atoms with E-state index in [0.717, 1.165) is 4.88 Å². The van der Waals surface area contributed by atoms with Gasteiger partial charge in [0.2, 0.25) is 3.79 Å². The molecule has 1 aromatic heterocycles. The normalized spacial score (nSPS) is 12.3. The zero-order chi connectivity index (χ0) is 14.0. The Hall–Kier alpha value is -0.230. The van der Waals surface area contributed by atoms with Crippen LogP contribution < -0.4 is 5.32 Å². The summed E-state index contributed by atoms with van der Waals surface area (Å²) in [7, 11) is 0. The summed E-state index contributed by atoms with van der Waals surface area (Å²) in [5.41, 5.74) is -0.0148. The lowest BCUT2D eigenvalue weighted by molar-refractivity contribution is 0.164. The van der Waals surface area contributed by atoms with Crippen LogP contribution in [0.4, 0.5) is 9.93 Å². The second kappa shape index (κ2) is 5.82. The lowest BCUT2D eigenvalue weighted by Crippen LogP contribution is -2.21. The number of amides is 1. The third kappa shape index (κ3) is 5.61. The van der Waals surface area contributed by atoms with E-state index in [1.807, 2.05) is 0 Å². The number of anilines is 1. The molecular formula is C10H13Cl3N2O2S. The Morgan fingerprint density at radius 1 is 1.44 bits per heavy atom. The number of nitrogens with one attached hydrogen (secondary N) is 1. The highest BCUT2D eigenvalue weighted by molar-refractivity contribution is 7.15. The fraction of sp³-hybridized carbons (Fsp3) is 0.600. The van der Waals surface area contributed by atoms with Gasteiger partial charge in [-0.1, -0.05) is 55.6 Å². The van der Waals surface area contributed by atoms with E-state index in [1.165, 1.54) is 11.3 Å². The van der Waals surface area contributed by atoms with Gasteiger partial charge in [0.1, 0.15) is 6.61 Å². The minimum atomic E-state index is -1.61. The Balaban J connectivity index is 2.53. The van der Waals surface area contributed by atoms with Crippen LogP contribution >= 0.6 is 46.1 Å². The number of hydrogen-bond donors (Lipinski definition) is 1. The molecule has 0 atom stereocenters. The van der Waals surface area contributed by atoms with Gasteiger partial charge in [0.15, 0.2) is 5.13 Å². The van der Waals surface area contributed by atoms with E-state index in [9.17, 15) is 4.79 Å². The van der Waals surface area contributed by atoms with Crippen LogP contribution in [0.25, 0.3) is 0 Å². The number of nitrogens with zero attached hydrogens (tertiary/aromatic N) is 1. The molecule has 1 amide bonds. The zero-order valence-corrected chi connectivity index (χ0v) is 13.2. The molecule has 0 saturated heterocycles. The maximum absolute atomic E-state index is 11.4. The predicted molar refractivity (Wildman–Crippen MR) is 76.1 cm³/mol. The van der Waals surface area contributed by atoms with Crippen molar-refractivity contribution in [2.24, 2.45) is 0 Å². The van der Waals surface area contributed by atoms with Crippen molar-refractivity contribution in [1.29, 1.82) is 0 Å². The summed E-state index contributed by atoms with van der Waals surface area (Å²) < 4.78 is 3.11. The maximum atomic E-state index is 11.4. The van der Waals surface area contributed by atoms with Gasteiger partial charge in [0.05, 0.1) is 0 Å². The van der Waals surface area contributed by atoms with E-state index in [0.29, 0.717) is 5.13 Å². The van der Waals surface area contributed by atoms with Gasteiger partial charge in [-0.05, 0) is 5.41 Å². The molecule has 0 spiro atoms. The molecule has 0 bridgehead atoms. The summed E-state index contributed by atoms with van der Waals surface area (Å²) >= 11 is 17.8. The summed E-state index contributed by atoms with van der Waals surface area (Å²) in [6.07, 6.45) is 1.02. The third-order valence-electron chi connectivity index (χ3n) is 1.82. The van der Waals surface area contributed by atoms with Crippen molar-refractivity contribution in [3.8, 4) is 0 Å². The van der Waals surface area contributed by atoms with Crippen LogP contribution in [0.3, 0.4) is 0 Å². The number of ether oxygens (including phenoxy) is 1.